The van der Waals surface area contributed by atoms with Crippen molar-refractivity contribution < 1.29 is 13.6 Å². The minimum Gasteiger partial charge on any atom is -0.469 e. The van der Waals surface area contributed by atoms with Crippen LogP contribution in [0.4, 0.5) is 0 Å². The van der Waals surface area contributed by atoms with Gasteiger partial charge in [-0.2, -0.15) is 0 Å². The monoisotopic (exact) mass is 355 g/mol. The van der Waals surface area contributed by atoms with Gasteiger partial charge in [0.1, 0.15) is 23.6 Å². The number of rotatable bonds is 8. The van der Waals surface area contributed by atoms with Crippen LogP contribution in [0, 0.1) is 6.92 Å². The van der Waals surface area contributed by atoms with E-state index in [9.17, 15) is 0 Å². The number of guanidine groups is 1. The summed E-state index contributed by atoms with van der Waals surface area (Å²) in [6.07, 6.45) is 2.48. The SMILES string of the molecule is COCCNC(=NCc1oc2ccccc2c1C)NCCc1ccco1. The van der Waals surface area contributed by atoms with Crippen LogP contribution in [0.5, 0.6) is 0 Å². The van der Waals surface area contributed by atoms with Gasteiger partial charge in [-0.25, -0.2) is 4.99 Å². The number of nitrogens with one attached hydrogen (secondary N) is 2. The molecule has 138 valence electrons. The third-order valence-electron chi connectivity index (χ3n) is 4.17. The Kier molecular flexibility index (Phi) is 6.33. The number of nitrogens with zero attached hydrogens (tertiary/aromatic N) is 1. The highest BCUT2D eigenvalue weighted by Gasteiger charge is 2.09. The third-order valence-corrected chi connectivity index (χ3v) is 4.17. The zero-order valence-corrected chi connectivity index (χ0v) is 15.2. The normalized spacial score (nSPS) is 11.8. The fourth-order valence-corrected chi connectivity index (χ4v) is 2.73. The number of fused-ring (bicyclic) bond motifs is 1. The van der Waals surface area contributed by atoms with Gasteiger partial charge in [-0.3, -0.25) is 0 Å². The number of para-hydroxylation sites is 1. The molecule has 26 heavy (non-hydrogen) atoms. The van der Waals surface area contributed by atoms with Crippen molar-refractivity contribution in [2.75, 3.05) is 26.8 Å². The highest BCUT2D eigenvalue weighted by Crippen LogP contribution is 2.25. The topological polar surface area (TPSA) is 71.9 Å². The molecule has 0 saturated carbocycles. The number of methoxy groups -OCH3 is 1. The van der Waals surface area contributed by atoms with E-state index in [1.807, 2.05) is 30.3 Å². The van der Waals surface area contributed by atoms with Gasteiger partial charge in [0.25, 0.3) is 0 Å². The van der Waals surface area contributed by atoms with Gasteiger partial charge >= 0.3 is 0 Å². The molecule has 6 heteroatoms. The van der Waals surface area contributed by atoms with Crippen molar-refractivity contribution in [2.45, 2.75) is 19.9 Å². The van der Waals surface area contributed by atoms with Gasteiger partial charge in [0.2, 0.25) is 0 Å². The highest BCUT2D eigenvalue weighted by atomic mass is 16.5. The molecular weight excluding hydrogens is 330 g/mol. The molecule has 0 fully saturated rings. The van der Waals surface area contributed by atoms with Crippen molar-refractivity contribution >= 4 is 16.9 Å². The second-order valence-corrected chi connectivity index (χ2v) is 5.99. The van der Waals surface area contributed by atoms with Crippen LogP contribution < -0.4 is 10.6 Å². The summed E-state index contributed by atoms with van der Waals surface area (Å²) in [5.41, 5.74) is 2.03. The standard InChI is InChI=1S/C20H25N3O3/c1-15-17-7-3-4-8-18(17)26-19(15)14-23-20(22-11-13-24-2)21-10-9-16-6-5-12-25-16/h3-8,12H,9-11,13-14H2,1-2H3,(H2,21,22,23). The van der Waals surface area contributed by atoms with E-state index in [0.29, 0.717) is 19.7 Å². The minimum absolute atomic E-state index is 0.476. The first-order chi connectivity index (χ1) is 12.8. The van der Waals surface area contributed by atoms with Crippen LogP contribution in [0.25, 0.3) is 11.0 Å². The molecule has 2 aromatic heterocycles. The average molecular weight is 355 g/mol. The van der Waals surface area contributed by atoms with Crippen molar-refractivity contribution in [3.8, 4) is 0 Å². The van der Waals surface area contributed by atoms with E-state index in [1.54, 1.807) is 13.4 Å². The van der Waals surface area contributed by atoms with Gasteiger partial charge in [0, 0.05) is 37.6 Å². The predicted molar refractivity (Wildman–Crippen MR) is 102 cm³/mol. The molecule has 0 unspecified atom stereocenters. The molecule has 6 nitrogen and oxygen atoms in total. The van der Waals surface area contributed by atoms with Crippen molar-refractivity contribution in [3.05, 3.63) is 59.7 Å². The summed E-state index contributed by atoms with van der Waals surface area (Å²) in [6.45, 7) is 4.57. The number of ether oxygens (including phenoxy) is 1. The summed E-state index contributed by atoms with van der Waals surface area (Å²) in [5.74, 6) is 2.56. The summed E-state index contributed by atoms with van der Waals surface area (Å²) < 4.78 is 16.4. The average Bonchev–Trinajstić information content (AvgIpc) is 3.28. The van der Waals surface area contributed by atoms with Crippen LogP contribution in [0.2, 0.25) is 0 Å². The Morgan fingerprint density at radius 1 is 1.12 bits per heavy atom. The molecule has 0 radical (unpaired) electrons. The zero-order chi connectivity index (χ0) is 18.2. The van der Waals surface area contributed by atoms with Gasteiger partial charge < -0.3 is 24.2 Å². The highest BCUT2D eigenvalue weighted by molar-refractivity contribution is 5.82. The lowest BCUT2D eigenvalue weighted by Crippen LogP contribution is -2.40. The van der Waals surface area contributed by atoms with Gasteiger partial charge in [-0.15, -0.1) is 0 Å². The van der Waals surface area contributed by atoms with Gasteiger partial charge in [-0.05, 0) is 25.1 Å². The molecule has 0 atom stereocenters. The Hall–Kier alpha value is -2.73. The maximum absolute atomic E-state index is 5.94. The summed E-state index contributed by atoms with van der Waals surface area (Å²) in [7, 11) is 1.68. The summed E-state index contributed by atoms with van der Waals surface area (Å²) >= 11 is 0. The molecule has 1 aromatic carbocycles. The molecule has 0 saturated heterocycles. The Labute approximate surface area is 153 Å². The number of hydrogen-bond donors (Lipinski definition) is 2. The largest absolute Gasteiger partial charge is 0.469 e. The molecule has 2 N–H and O–H groups in total. The lowest BCUT2D eigenvalue weighted by Gasteiger charge is -2.11. The maximum Gasteiger partial charge on any atom is 0.191 e. The number of aryl methyl sites for hydroxylation is 1. The van der Waals surface area contributed by atoms with Crippen molar-refractivity contribution in [1.82, 2.24) is 10.6 Å². The summed E-state index contributed by atoms with van der Waals surface area (Å²) in [4.78, 5) is 4.66. The number of hydrogen-bond acceptors (Lipinski definition) is 4. The Morgan fingerprint density at radius 3 is 2.73 bits per heavy atom. The Morgan fingerprint density at radius 2 is 1.96 bits per heavy atom. The molecule has 0 bridgehead atoms. The van der Waals surface area contributed by atoms with E-state index in [2.05, 4.69) is 28.6 Å². The quantitative estimate of drug-likeness (QED) is 0.369. The molecule has 0 amide bonds. The van der Waals surface area contributed by atoms with Crippen molar-refractivity contribution in [3.63, 3.8) is 0 Å². The van der Waals surface area contributed by atoms with E-state index >= 15 is 0 Å². The second-order valence-electron chi connectivity index (χ2n) is 5.99. The summed E-state index contributed by atoms with van der Waals surface area (Å²) in [6, 6.07) is 11.9. The van der Waals surface area contributed by atoms with Gasteiger partial charge in [-0.1, -0.05) is 18.2 Å². The fraction of sp³-hybridized carbons (Fsp3) is 0.350. The van der Waals surface area contributed by atoms with E-state index in [0.717, 1.165) is 47.0 Å². The first kappa shape index (κ1) is 18.1. The lowest BCUT2D eigenvalue weighted by molar-refractivity contribution is 0.203. The van der Waals surface area contributed by atoms with Crippen LogP contribution in [-0.2, 0) is 17.7 Å². The number of benzene rings is 1. The number of furan rings is 2. The van der Waals surface area contributed by atoms with Crippen molar-refractivity contribution in [2.24, 2.45) is 4.99 Å². The maximum atomic E-state index is 5.94. The molecule has 0 aliphatic carbocycles. The Bertz CT molecular complexity index is 837. The Balaban J connectivity index is 1.64. The van der Waals surface area contributed by atoms with E-state index in [-0.39, 0.29) is 0 Å². The molecule has 2 heterocycles. The van der Waals surface area contributed by atoms with Crippen LogP contribution >= 0.6 is 0 Å². The molecular formula is C20H25N3O3. The van der Waals surface area contributed by atoms with Gasteiger partial charge in [0.15, 0.2) is 5.96 Å². The lowest BCUT2D eigenvalue weighted by atomic mass is 10.1. The smallest absolute Gasteiger partial charge is 0.191 e. The molecule has 0 spiro atoms. The van der Waals surface area contributed by atoms with Crippen LogP contribution in [0.1, 0.15) is 17.1 Å². The van der Waals surface area contributed by atoms with Crippen molar-refractivity contribution in [1.29, 1.82) is 0 Å². The first-order valence-electron chi connectivity index (χ1n) is 8.78. The first-order valence-corrected chi connectivity index (χ1v) is 8.78. The molecule has 3 aromatic rings. The predicted octanol–water partition coefficient (Wildman–Crippen LogP) is 3.26. The molecule has 0 aliphatic heterocycles. The fourth-order valence-electron chi connectivity index (χ4n) is 2.73. The minimum atomic E-state index is 0.476. The van der Waals surface area contributed by atoms with E-state index in [4.69, 9.17) is 13.6 Å². The number of aliphatic imine (C=N–C) groups is 1. The van der Waals surface area contributed by atoms with E-state index in [1.165, 1.54) is 0 Å². The zero-order valence-electron chi connectivity index (χ0n) is 15.2. The second kappa shape index (κ2) is 9.10. The van der Waals surface area contributed by atoms with E-state index < -0.39 is 0 Å². The molecule has 3 rings (SSSR count). The van der Waals surface area contributed by atoms with Gasteiger partial charge in [0.05, 0.1) is 12.9 Å². The van der Waals surface area contributed by atoms with Crippen LogP contribution in [-0.4, -0.2) is 32.8 Å². The summed E-state index contributed by atoms with van der Waals surface area (Å²) in [5, 5.41) is 7.72. The van der Waals surface area contributed by atoms with Crippen LogP contribution in [0.15, 0.2) is 56.5 Å². The molecule has 0 aliphatic rings. The van der Waals surface area contributed by atoms with Crippen LogP contribution in [0.3, 0.4) is 0 Å². The third kappa shape index (κ3) is 4.67.